The second kappa shape index (κ2) is 11.0. The first kappa shape index (κ1) is 26.4. The minimum atomic E-state index is -0.235. The maximum Gasteiger partial charge on any atom is 0.263 e. The third-order valence-corrected chi connectivity index (χ3v) is 9.21. The number of fused-ring (bicyclic) bond motifs is 4. The molecule has 0 saturated heterocycles. The zero-order valence-electron chi connectivity index (χ0n) is 22.9. The van der Waals surface area contributed by atoms with E-state index in [1.165, 1.54) is 23.7 Å². The third-order valence-electron chi connectivity index (χ3n) is 8.27. The molecule has 1 spiro atoms. The summed E-state index contributed by atoms with van der Waals surface area (Å²) in [5.41, 5.74) is 5.95. The summed E-state index contributed by atoms with van der Waals surface area (Å²) >= 11 is 1.28. The number of aromatic nitrogens is 2. The molecule has 1 fully saturated rings. The topological polar surface area (TPSA) is 73.2 Å². The Hall–Kier alpha value is -3.84. The lowest BCUT2D eigenvalue weighted by Gasteiger charge is -2.42. The predicted molar refractivity (Wildman–Crippen MR) is 161 cm³/mol. The van der Waals surface area contributed by atoms with Gasteiger partial charge in [0.2, 0.25) is 5.91 Å². The molecule has 3 aromatic carbocycles. The molecule has 2 aliphatic carbocycles. The van der Waals surface area contributed by atoms with Gasteiger partial charge < -0.3 is 10.1 Å². The monoisotopic (exact) mass is 551 g/mol. The molecule has 7 heteroatoms. The number of nitrogens with zero attached hydrogens (tertiary/aromatic N) is 2. The van der Waals surface area contributed by atoms with Gasteiger partial charge in [0, 0.05) is 16.7 Å². The van der Waals surface area contributed by atoms with Crippen molar-refractivity contribution in [3.05, 3.63) is 99.8 Å². The summed E-state index contributed by atoms with van der Waals surface area (Å²) in [6, 6.07) is 23.6. The Morgan fingerprint density at radius 1 is 1.00 bits per heavy atom. The quantitative estimate of drug-likeness (QED) is 0.213. The molecule has 1 aromatic heterocycles. The number of benzene rings is 3. The highest BCUT2D eigenvalue weighted by Crippen LogP contribution is 2.49. The second-order valence-corrected chi connectivity index (χ2v) is 11.7. The largest absolute Gasteiger partial charge is 0.495 e. The van der Waals surface area contributed by atoms with Gasteiger partial charge in [-0.05, 0) is 55.5 Å². The molecule has 1 saturated carbocycles. The van der Waals surface area contributed by atoms with Crippen molar-refractivity contribution < 1.29 is 9.53 Å². The molecule has 0 aliphatic heterocycles. The van der Waals surface area contributed by atoms with Gasteiger partial charge in [-0.25, -0.2) is 4.98 Å². The summed E-state index contributed by atoms with van der Waals surface area (Å²) in [5, 5.41) is 3.48. The van der Waals surface area contributed by atoms with E-state index in [1.54, 1.807) is 11.7 Å². The van der Waals surface area contributed by atoms with Crippen LogP contribution in [0.4, 0.5) is 5.69 Å². The smallest absolute Gasteiger partial charge is 0.263 e. The lowest BCUT2D eigenvalue weighted by Crippen LogP contribution is -2.43. The van der Waals surface area contributed by atoms with Crippen LogP contribution in [0.15, 0.2) is 82.7 Å². The van der Waals surface area contributed by atoms with E-state index in [0.717, 1.165) is 60.2 Å². The standard InChI is InChI=1S/C33H33N3O3S/c1-22-12-4-7-15-25(22)34-28(37)21-40-32-35-30-24-14-6-5-13-23(24)20-33(18-10-3-11-19-33)29(30)31(38)36(32)26-16-8-9-17-27(26)39-2/h4-9,12-17H,3,10-11,18-21H2,1-2H3,(H,34,37). The van der Waals surface area contributed by atoms with Crippen LogP contribution < -0.4 is 15.6 Å². The summed E-state index contributed by atoms with van der Waals surface area (Å²) < 4.78 is 7.36. The molecule has 6 nitrogen and oxygen atoms in total. The molecule has 1 heterocycles. The highest BCUT2D eigenvalue weighted by atomic mass is 32.2. The number of hydrogen-bond donors (Lipinski definition) is 1. The highest BCUT2D eigenvalue weighted by Gasteiger charge is 2.43. The number of thioether (sulfide) groups is 1. The molecule has 0 bridgehead atoms. The Balaban J connectivity index is 1.50. The maximum atomic E-state index is 14.7. The average molecular weight is 552 g/mol. The van der Waals surface area contributed by atoms with Gasteiger partial charge in [-0.2, -0.15) is 0 Å². The number of carbonyl (C=O) groups is 1. The summed E-state index contributed by atoms with van der Waals surface area (Å²) in [7, 11) is 1.61. The molecule has 1 N–H and O–H groups in total. The van der Waals surface area contributed by atoms with E-state index < -0.39 is 0 Å². The van der Waals surface area contributed by atoms with Crippen molar-refractivity contribution in [3.8, 4) is 22.7 Å². The molecule has 0 unspecified atom stereocenters. The predicted octanol–water partition coefficient (Wildman–Crippen LogP) is 6.71. The highest BCUT2D eigenvalue weighted by molar-refractivity contribution is 7.99. The maximum absolute atomic E-state index is 14.7. The Morgan fingerprint density at radius 3 is 2.52 bits per heavy atom. The molecule has 40 heavy (non-hydrogen) atoms. The van der Waals surface area contributed by atoms with E-state index >= 15 is 0 Å². The molecule has 2 aliphatic rings. The Kier molecular flexibility index (Phi) is 7.24. The third kappa shape index (κ3) is 4.73. The van der Waals surface area contributed by atoms with Crippen molar-refractivity contribution >= 4 is 23.4 Å². The van der Waals surface area contributed by atoms with E-state index in [0.29, 0.717) is 16.6 Å². The number of carbonyl (C=O) groups excluding carboxylic acids is 1. The number of para-hydroxylation sites is 3. The molecule has 204 valence electrons. The Morgan fingerprint density at radius 2 is 1.73 bits per heavy atom. The minimum absolute atomic E-state index is 0.0623. The minimum Gasteiger partial charge on any atom is -0.495 e. The first-order valence-corrected chi connectivity index (χ1v) is 14.9. The van der Waals surface area contributed by atoms with E-state index in [1.807, 2.05) is 61.5 Å². The summed E-state index contributed by atoms with van der Waals surface area (Å²) in [6.07, 6.45) is 6.20. The first-order valence-electron chi connectivity index (χ1n) is 13.9. The van der Waals surface area contributed by atoms with Crippen LogP contribution in [0.3, 0.4) is 0 Å². The molecule has 4 aromatic rings. The fourth-order valence-corrected chi connectivity index (χ4v) is 7.14. The van der Waals surface area contributed by atoms with Gasteiger partial charge in [0.25, 0.3) is 5.56 Å². The number of anilines is 1. The molecular formula is C33H33N3O3S. The van der Waals surface area contributed by atoms with E-state index in [2.05, 4.69) is 23.5 Å². The number of aryl methyl sites for hydroxylation is 1. The van der Waals surface area contributed by atoms with Crippen molar-refractivity contribution in [1.29, 1.82) is 0 Å². The summed E-state index contributed by atoms with van der Waals surface area (Å²) in [5.74, 6) is 0.551. The van der Waals surface area contributed by atoms with Gasteiger partial charge in [0.15, 0.2) is 5.16 Å². The van der Waals surface area contributed by atoms with Crippen LogP contribution in [0.5, 0.6) is 5.75 Å². The van der Waals surface area contributed by atoms with Gasteiger partial charge >= 0.3 is 0 Å². The van der Waals surface area contributed by atoms with Crippen LogP contribution in [0.25, 0.3) is 16.9 Å². The number of nitrogens with one attached hydrogen (secondary N) is 1. The van der Waals surface area contributed by atoms with Crippen molar-refractivity contribution in [1.82, 2.24) is 9.55 Å². The number of rotatable bonds is 6. The van der Waals surface area contributed by atoms with Crippen LogP contribution >= 0.6 is 11.8 Å². The molecular weight excluding hydrogens is 518 g/mol. The van der Waals surface area contributed by atoms with Gasteiger partial charge in [-0.1, -0.05) is 85.6 Å². The fraction of sp³-hybridized carbons (Fsp3) is 0.303. The van der Waals surface area contributed by atoms with Crippen molar-refractivity contribution in [3.63, 3.8) is 0 Å². The molecule has 0 atom stereocenters. The van der Waals surface area contributed by atoms with E-state index in [4.69, 9.17) is 9.72 Å². The number of ether oxygens (including phenoxy) is 1. The second-order valence-electron chi connectivity index (χ2n) is 10.8. The first-order chi connectivity index (χ1) is 19.5. The lowest BCUT2D eigenvalue weighted by molar-refractivity contribution is -0.113. The average Bonchev–Trinajstić information content (AvgIpc) is 2.97. The van der Waals surface area contributed by atoms with Crippen LogP contribution in [-0.2, 0) is 16.6 Å². The zero-order chi connectivity index (χ0) is 27.7. The molecule has 0 radical (unpaired) electrons. The van der Waals surface area contributed by atoms with Gasteiger partial charge in [-0.15, -0.1) is 0 Å². The molecule has 6 rings (SSSR count). The lowest BCUT2D eigenvalue weighted by atomic mass is 9.62. The zero-order valence-corrected chi connectivity index (χ0v) is 23.7. The Bertz CT molecular complexity index is 1640. The number of hydrogen-bond acceptors (Lipinski definition) is 5. The number of methoxy groups -OCH3 is 1. The van der Waals surface area contributed by atoms with E-state index in [-0.39, 0.29) is 22.6 Å². The van der Waals surface area contributed by atoms with Gasteiger partial charge in [0.1, 0.15) is 5.75 Å². The van der Waals surface area contributed by atoms with Crippen LogP contribution in [0, 0.1) is 6.92 Å². The summed E-state index contributed by atoms with van der Waals surface area (Å²) in [6.45, 7) is 1.96. The van der Waals surface area contributed by atoms with Gasteiger partial charge in [-0.3, -0.25) is 14.2 Å². The van der Waals surface area contributed by atoms with Crippen molar-refractivity contribution in [2.24, 2.45) is 0 Å². The summed E-state index contributed by atoms with van der Waals surface area (Å²) in [4.78, 5) is 33.0. The van der Waals surface area contributed by atoms with Gasteiger partial charge in [0.05, 0.1) is 29.8 Å². The van der Waals surface area contributed by atoms with E-state index in [9.17, 15) is 9.59 Å². The number of amides is 1. The molecule has 1 amide bonds. The van der Waals surface area contributed by atoms with Crippen LogP contribution in [-0.4, -0.2) is 28.3 Å². The van der Waals surface area contributed by atoms with Crippen molar-refractivity contribution in [2.75, 3.05) is 18.2 Å². The SMILES string of the molecule is COc1ccccc1-n1c(SCC(=O)Nc2ccccc2C)nc2c(c1=O)C1(CCCCC1)Cc1ccccc1-2. The van der Waals surface area contributed by atoms with Crippen LogP contribution in [0.2, 0.25) is 0 Å². The normalized spacial score (nSPS) is 15.2. The Labute approximate surface area is 238 Å². The van der Waals surface area contributed by atoms with Crippen LogP contribution in [0.1, 0.15) is 48.8 Å². The fourth-order valence-electron chi connectivity index (χ4n) is 6.34. The van der Waals surface area contributed by atoms with Crippen molar-refractivity contribution in [2.45, 2.75) is 56.0 Å².